The summed E-state index contributed by atoms with van der Waals surface area (Å²) in [6.07, 6.45) is -4.50. The molecule has 9 heteroatoms. The second-order valence-corrected chi connectivity index (χ2v) is 6.07. The van der Waals surface area contributed by atoms with Crippen LogP contribution >= 0.6 is 0 Å². The molecule has 1 aliphatic rings. The second kappa shape index (κ2) is 7.34. The van der Waals surface area contributed by atoms with Crippen molar-refractivity contribution in [1.29, 1.82) is 0 Å². The van der Waals surface area contributed by atoms with Crippen molar-refractivity contribution in [2.45, 2.75) is 25.8 Å². The number of carbonyl (C=O) groups is 1. The van der Waals surface area contributed by atoms with E-state index in [1.807, 2.05) is 0 Å². The van der Waals surface area contributed by atoms with Crippen molar-refractivity contribution < 1.29 is 31.9 Å². The molecule has 1 aliphatic heterocycles. The molecule has 2 aromatic rings. The molecule has 1 saturated heterocycles. The first-order chi connectivity index (χ1) is 12.7. The van der Waals surface area contributed by atoms with E-state index in [9.17, 15) is 22.8 Å². The van der Waals surface area contributed by atoms with Crippen LogP contribution in [0.2, 0.25) is 0 Å². The molecule has 1 unspecified atom stereocenters. The minimum atomic E-state index is -4.78. The highest BCUT2D eigenvalue weighted by atomic mass is 19.4. The fraction of sp³-hybridized carbons (Fsp3) is 0.333. The average molecular weight is 383 g/mol. The summed E-state index contributed by atoms with van der Waals surface area (Å²) in [7, 11) is 0. The van der Waals surface area contributed by atoms with Crippen molar-refractivity contribution in [2.24, 2.45) is 0 Å². The van der Waals surface area contributed by atoms with Gasteiger partial charge in [-0.1, -0.05) is 0 Å². The molecular formula is C18H16F3NO5. The number of carbonyl (C=O) groups excluding carboxylic acids is 1. The van der Waals surface area contributed by atoms with Crippen LogP contribution in [0.4, 0.5) is 13.2 Å². The fourth-order valence-corrected chi connectivity index (χ4v) is 2.83. The molecule has 1 amide bonds. The van der Waals surface area contributed by atoms with Crippen molar-refractivity contribution >= 4 is 5.91 Å². The number of ether oxygens (including phenoxy) is 2. The Hall–Kier alpha value is -2.97. The highest BCUT2D eigenvalue weighted by molar-refractivity contribution is 5.94. The molecule has 0 aliphatic carbocycles. The van der Waals surface area contributed by atoms with Gasteiger partial charge < -0.3 is 18.8 Å². The molecule has 1 atom stereocenters. The third-order valence-electron chi connectivity index (χ3n) is 3.94. The third kappa shape index (κ3) is 5.02. The van der Waals surface area contributed by atoms with Crippen LogP contribution < -0.4 is 15.1 Å². The maximum absolute atomic E-state index is 12.5. The van der Waals surface area contributed by atoms with Gasteiger partial charge in [0.25, 0.3) is 5.91 Å². The molecule has 1 aromatic carbocycles. The van der Waals surface area contributed by atoms with E-state index < -0.39 is 12.0 Å². The van der Waals surface area contributed by atoms with Gasteiger partial charge in [0.15, 0.2) is 0 Å². The summed E-state index contributed by atoms with van der Waals surface area (Å²) >= 11 is 0. The Morgan fingerprint density at radius 3 is 2.52 bits per heavy atom. The van der Waals surface area contributed by atoms with Crippen LogP contribution in [-0.2, 0) is 0 Å². The standard InChI is InChI=1S/C18H16F3NO5/c1-11-8-15(9-16(23)25-11)26-14-6-7-22(10-14)17(24)12-2-4-13(5-3-12)27-18(19,20)21/h2-5,8-9,14H,6-7,10H2,1H3. The number of hydrogen-bond donors (Lipinski definition) is 0. The summed E-state index contributed by atoms with van der Waals surface area (Å²) in [4.78, 5) is 25.4. The highest BCUT2D eigenvalue weighted by Crippen LogP contribution is 2.24. The SMILES string of the molecule is Cc1cc(OC2CCN(C(=O)c3ccc(OC(F)(F)F)cc3)C2)cc(=O)o1. The number of rotatable bonds is 4. The van der Waals surface area contributed by atoms with Gasteiger partial charge in [-0.05, 0) is 31.2 Å². The maximum Gasteiger partial charge on any atom is 0.573 e. The van der Waals surface area contributed by atoms with E-state index in [2.05, 4.69) is 4.74 Å². The second-order valence-electron chi connectivity index (χ2n) is 6.07. The van der Waals surface area contributed by atoms with Crippen LogP contribution in [0.15, 0.2) is 45.6 Å². The average Bonchev–Trinajstić information content (AvgIpc) is 3.01. The number of nitrogens with zero attached hydrogens (tertiary/aromatic N) is 1. The van der Waals surface area contributed by atoms with Gasteiger partial charge in [-0.3, -0.25) is 4.79 Å². The van der Waals surface area contributed by atoms with Gasteiger partial charge in [-0.15, -0.1) is 13.2 Å². The molecule has 0 spiro atoms. The predicted octanol–water partition coefficient (Wildman–Crippen LogP) is 3.14. The lowest BCUT2D eigenvalue weighted by Crippen LogP contribution is -2.31. The van der Waals surface area contributed by atoms with Gasteiger partial charge in [-0.25, -0.2) is 4.79 Å². The van der Waals surface area contributed by atoms with Crippen molar-refractivity contribution in [3.63, 3.8) is 0 Å². The molecule has 6 nitrogen and oxygen atoms in total. The minimum absolute atomic E-state index is 0.251. The Kier molecular flexibility index (Phi) is 5.11. The molecule has 144 valence electrons. The monoisotopic (exact) mass is 383 g/mol. The number of aryl methyl sites for hydroxylation is 1. The lowest BCUT2D eigenvalue weighted by molar-refractivity contribution is -0.274. The summed E-state index contributed by atoms with van der Waals surface area (Å²) in [5, 5.41) is 0. The Morgan fingerprint density at radius 2 is 1.89 bits per heavy atom. The molecule has 0 bridgehead atoms. The molecule has 1 aromatic heterocycles. The predicted molar refractivity (Wildman–Crippen MR) is 87.8 cm³/mol. The van der Waals surface area contributed by atoms with Crippen LogP contribution in [0.25, 0.3) is 0 Å². The Labute approximate surface area is 152 Å². The normalized spacial score (nSPS) is 17.0. The van der Waals surface area contributed by atoms with Gasteiger partial charge in [-0.2, -0.15) is 0 Å². The Bertz CT molecular complexity index is 876. The van der Waals surface area contributed by atoms with E-state index in [0.29, 0.717) is 31.0 Å². The minimum Gasteiger partial charge on any atom is -0.488 e. The summed E-state index contributed by atoms with van der Waals surface area (Å²) in [6, 6.07) is 7.57. The van der Waals surface area contributed by atoms with Crippen LogP contribution in [0.5, 0.6) is 11.5 Å². The molecule has 0 radical (unpaired) electrons. The fourth-order valence-electron chi connectivity index (χ4n) is 2.83. The summed E-state index contributed by atoms with van der Waals surface area (Å²) in [5.41, 5.74) is -0.265. The first-order valence-electron chi connectivity index (χ1n) is 8.13. The van der Waals surface area contributed by atoms with E-state index in [0.717, 1.165) is 12.1 Å². The third-order valence-corrected chi connectivity index (χ3v) is 3.94. The van der Waals surface area contributed by atoms with Crippen molar-refractivity contribution in [1.82, 2.24) is 4.90 Å². The molecule has 1 fully saturated rings. The zero-order chi connectivity index (χ0) is 19.6. The molecule has 27 heavy (non-hydrogen) atoms. The van der Waals surface area contributed by atoms with Crippen LogP contribution in [0.3, 0.4) is 0 Å². The lowest BCUT2D eigenvalue weighted by atomic mass is 10.2. The lowest BCUT2D eigenvalue weighted by Gasteiger charge is -2.17. The summed E-state index contributed by atoms with van der Waals surface area (Å²) in [6.45, 7) is 2.37. The number of amides is 1. The van der Waals surface area contributed by atoms with Gasteiger partial charge in [0, 0.05) is 24.6 Å². The zero-order valence-electron chi connectivity index (χ0n) is 14.3. The Morgan fingerprint density at radius 1 is 1.19 bits per heavy atom. The smallest absolute Gasteiger partial charge is 0.488 e. The van der Waals surface area contributed by atoms with E-state index in [4.69, 9.17) is 9.15 Å². The first kappa shape index (κ1) is 18.8. The number of alkyl halides is 3. The quantitative estimate of drug-likeness (QED) is 0.811. The topological polar surface area (TPSA) is 69.0 Å². The van der Waals surface area contributed by atoms with E-state index in [1.54, 1.807) is 17.9 Å². The summed E-state index contributed by atoms with van der Waals surface area (Å²) in [5.74, 6) is 0.0877. The zero-order valence-corrected chi connectivity index (χ0v) is 14.3. The highest BCUT2D eigenvalue weighted by Gasteiger charge is 2.31. The largest absolute Gasteiger partial charge is 0.573 e. The van der Waals surface area contributed by atoms with Crippen molar-refractivity contribution in [3.05, 3.63) is 58.1 Å². The van der Waals surface area contributed by atoms with E-state index in [1.165, 1.54) is 18.2 Å². The number of benzene rings is 1. The summed E-state index contributed by atoms with van der Waals surface area (Å²) < 4.78 is 50.9. The maximum atomic E-state index is 12.5. The Balaban J connectivity index is 1.61. The van der Waals surface area contributed by atoms with Gasteiger partial charge >= 0.3 is 12.0 Å². The van der Waals surface area contributed by atoms with E-state index >= 15 is 0 Å². The number of likely N-dealkylation sites (tertiary alicyclic amines) is 1. The molecule has 0 N–H and O–H groups in total. The first-order valence-corrected chi connectivity index (χ1v) is 8.13. The van der Waals surface area contributed by atoms with E-state index in [-0.39, 0.29) is 23.3 Å². The number of hydrogen-bond acceptors (Lipinski definition) is 5. The van der Waals surface area contributed by atoms with Crippen LogP contribution in [-0.4, -0.2) is 36.4 Å². The number of halogens is 3. The molecule has 2 heterocycles. The molecule has 3 rings (SSSR count). The van der Waals surface area contributed by atoms with Crippen molar-refractivity contribution in [3.8, 4) is 11.5 Å². The molecular weight excluding hydrogens is 367 g/mol. The van der Waals surface area contributed by atoms with Crippen molar-refractivity contribution in [2.75, 3.05) is 13.1 Å². The van der Waals surface area contributed by atoms with Crippen LogP contribution in [0, 0.1) is 6.92 Å². The van der Waals surface area contributed by atoms with Crippen LogP contribution in [0.1, 0.15) is 22.5 Å². The van der Waals surface area contributed by atoms with Gasteiger partial charge in [0.05, 0.1) is 12.6 Å². The van der Waals surface area contributed by atoms with Gasteiger partial charge in [0.1, 0.15) is 23.4 Å². The molecule has 0 saturated carbocycles. The van der Waals surface area contributed by atoms with Gasteiger partial charge in [0.2, 0.25) is 0 Å².